The Hall–Kier alpha value is -2.85. The molecule has 0 aliphatic rings. The van der Waals surface area contributed by atoms with Crippen molar-refractivity contribution in [2.45, 2.75) is 13.3 Å². The van der Waals surface area contributed by atoms with Gasteiger partial charge in [-0.15, -0.1) is 0 Å². The maximum atomic E-state index is 12.4. The van der Waals surface area contributed by atoms with Gasteiger partial charge in [-0.2, -0.15) is 0 Å². The number of aromatic nitrogens is 1. The number of rotatable bonds is 7. The van der Waals surface area contributed by atoms with Crippen LogP contribution in [0.3, 0.4) is 0 Å². The fourth-order valence-electron chi connectivity index (χ4n) is 2.44. The van der Waals surface area contributed by atoms with Gasteiger partial charge in [0.25, 0.3) is 0 Å². The van der Waals surface area contributed by atoms with Crippen molar-refractivity contribution in [1.82, 2.24) is 4.98 Å². The van der Waals surface area contributed by atoms with Crippen LogP contribution in [0.25, 0.3) is 0 Å². The topological polar surface area (TPSA) is 48.4 Å². The molecule has 0 N–H and O–H groups in total. The first kappa shape index (κ1) is 18.0. The van der Waals surface area contributed by atoms with E-state index in [-0.39, 0.29) is 12.2 Å². The third kappa shape index (κ3) is 4.61. The predicted molar refractivity (Wildman–Crippen MR) is 101 cm³/mol. The highest BCUT2D eigenvalue weighted by molar-refractivity contribution is 6.32. The van der Waals surface area contributed by atoms with Gasteiger partial charge in [0.2, 0.25) is 0 Å². The molecule has 5 heteroatoms. The second kappa shape index (κ2) is 8.50. The first-order valence-corrected chi connectivity index (χ1v) is 8.66. The fraction of sp³-hybridized carbons (Fsp3) is 0.143. The van der Waals surface area contributed by atoms with E-state index in [2.05, 4.69) is 4.98 Å². The molecule has 0 aliphatic carbocycles. The molecule has 3 aromatic rings. The number of pyridine rings is 1. The molecule has 0 saturated heterocycles. The minimum atomic E-state index is -0.0208. The summed E-state index contributed by atoms with van der Waals surface area (Å²) >= 11 is 6.29. The Morgan fingerprint density at radius 1 is 1.08 bits per heavy atom. The SMILES string of the molecule is CCOc1ccc(Oc2ccc(C(=O)Cc3cccnc3)cc2Cl)cc1. The van der Waals surface area contributed by atoms with Gasteiger partial charge in [-0.25, -0.2) is 0 Å². The van der Waals surface area contributed by atoms with Crippen LogP contribution in [0.15, 0.2) is 67.0 Å². The minimum Gasteiger partial charge on any atom is -0.494 e. The summed E-state index contributed by atoms with van der Waals surface area (Å²) in [5, 5.41) is 0.385. The van der Waals surface area contributed by atoms with Crippen molar-refractivity contribution >= 4 is 17.4 Å². The van der Waals surface area contributed by atoms with Crippen LogP contribution in [0.5, 0.6) is 17.2 Å². The standard InChI is InChI=1S/C21H18ClNO3/c1-2-25-17-6-8-18(9-7-17)26-21-10-5-16(13-19(21)22)20(24)12-15-4-3-11-23-14-15/h3-11,13-14H,2,12H2,1H3. The number of Topliss-reactive ketones (excluding diaryl/α,β-unsaturated/α-hetero) is 1. The van der Waals surface area contributed by atoms with Crippen molar-refractivity contribution in [3.05, 3.63) is 83.1 Å². The van der Waals surface area contributed by atoms with E-state index in [1.165, 1.54) is 0 Å². The molecule has 0 spiro atoms. The number of carbonyl (C=O) groups excluding carboxylic acids is 1. The van der Waals surface area contributed by atoms with Crippen molar-refractivity contribution in [2.75, 3.05) is 6.61 Å². The third-order valence-corrected chi connectivity index (χ3v) is 4.00. The van der Waals surface area contributed by atoms with E-state index in [1.54, 1.807) is 30.6 Å². The zero-order valence-electron chi connectivity index (χ0n) is 14.3. The van der Waals surface area contributed by atoms with E-state index in [4.69, 9.17) is 21.1 Å². The lowest BCUT2D eigenvalue weighted by molar-refractivity contribution is 0.0993. The molecule has 1 aromatic heterocycles. The van der Waals surface area contributed by atoms with Gasteiger partial charge in [0.1, 0.15) is 17.2 Å². The summed E-state index contributed by atoms with van der Waals surface area (Å²) in [6, 6.07) is 16.0. The Morgan fingerprint density at radius 2 is 1.85 bits per heavy atom. The van der Waals surface area contributed by atoms with Gasteiger partial charge in [-0.05, 0) is 61.0 Å². The number of hydrogen-bond acceptors (Lipinski definition) is 4. The molecule has 0 amide bonds. The van der Waals surface area contributed by atoms with Crippen molar-refractivity contribution in [3.63, 3.8) is 0 Å². The highest BCUT2D eigenvalue weighted by Gasteiger charge is 2.11. The molecule has 0 saturated carbocycles. The number of halogens is 1. The molecule has 0 atom stereocenters. The summed E-state index contributed by atoms with van der Waals surface area (Å²) in [6.07, 6.45) is 3.64. The highest BCUT2D eigenvalue weighted by atomic mass is 35.5. The summed E-state index contributed by atoms with van der Waals surface area (Å²) in [5.74, 6) is 1.90. The lowest BCUT2D eigenvalue weighted by atomic mass is 10.0. The predicted octanol–water partition coefficient (Wildman–Crippen LogP) is 5.35. The fourth-order valence-corrected chi connectivity index (χ4v) is 2.66. The van der Waals surface area contributed by atoms with Gasteiger partial charge in [0.15, 0.2) is 5.78 Å². The van der Waals surface area contributed by atoms with E-state index >= 15 is 0 Å². The lowest BCUT2D eigenvalue weighted by Gasteiger charge is -2.10. The summed E-state index contributed by atoms with van der Waals surface area (Å²) in [6.45, 7) is 2.54. The van der Waals surface area contributed by atoms with Gasteiger partial charge in [0.05, 0.1) is 11.6 Å². The van der Waals surface area contributed by atoms with Crippen LogP contribution in [0, 0.1) is 0 Å². The maximum absolute atomic E-state index is 12.4. The number of nitrogens with zero attached hydrogens (tertiary/aromatic N) is 1. The molecule has 0 aliphatic heterocycles. The Bertz CT molecular complexity index is 880. The van der Waals surface area contributed by atoms with Gasteiger partial charge >= 0.3 is 0 Å². The molecule has 1 heterocycles. The molecular weight excluding hydrogens is 350 g/mol. The lowest BCUT2D eigenvalue weighted by Crippen LogP contribution is -2.04. The molecule has 0 unspecified atom stereocenters. The van der Waals surface area contributed by atoms with Crippen molar-refractivity contribution < 1.29 is 14.3 Å². The number of ether oxygens (including phenoxy) is 2. The van der Waals surface area contributed by atoms with Crippen LogP contribution in [0.2, 0.25) is 5.02 Å². The Kier molecular flexibility index (Phi) is 5.87. The van der Waals surface area contributed by atoms with E-state index < -0.39 is 0 Å². The van der Waals surface area contributed by atoms with Crippen LogP contribution < -0.4 is 9.47 Å². The quantitative estimate of drug-likeness (QED) is 0.528. The maximum Gasteiger partial charge on any atom is 0.167 e. The largest absolute Gasteiger partial charge is 0.494 e. The number of hydrogen-bond donors (Lipinski definition) is 0. The van der Waals surface area contributed by atoms with Crippen molar-refractivity contribution in [1.29, 1.82) is 0 Å². The smallest absolute Gasteiger partial charge is 0.167 e. The number of benzene rings is 2. The highest BCUT2D eigenvalue weighted by Crippen LogP contribution is 2.31. The second-order valence-corrected chi connectivity index (χ2v) is 6.02. The molecular formula is C21H18ClNO3. The van der Waals surface area contributed by atoms with E-state index in [9.17, 15) is 4.79 Å². The Labute approximate surface area is 157 Å². The average Bonchev–Trinajstić information content (AvgIpc) is 2.66. The van der Waals surface area contributed by atoms with Crippen molar-refractivity contribution in [3.8, 4) is 17.2 Å². The average molecular weight is 368 g/mol. The molecule has 2 aromatic carbocycles. The monoisotopic (exact) mass is 367 g/mol. The molecule has 4 nitrogen and oxygen atoms in total. The van der Waals surface area contributed by atoms with Crippen LogP contribution in [0.4, 0.5) is 0 Å². The number of ketones is 1. The first-order chi connectivity index (χ1) is 12.7. The summed E-state index contributed by atoms with van der Waals surface area (Å²) in [7, 11) is 0. The van der Waals surface area contributed by atoms with Gasteiger partial charge in [-0.1, -0.05) is 17.7 Å². The molecule has 132 valence electrons. The van der Waals surface area contributed by atoms with Gasteiger partial charge < -0.3 is 9.47 Å². The second-order valence-electron chi connectivity index (χ2n) is 5.61. The minimum absolute atomic E-state index is 0.0208. The van der Waals surface area contributed by atoms with E-state index in [1.807, 2.05) is 43.3 Å². The van der Waals surface area contributed by atoms with Crippen LogP contribution in [-0.4, -0.2) is 17.4 Å². The third-order valence-electron chi connectivity index (χ3n) is 3.70. The normalized spacial score (nSPS) is 10.4. The van der Waals surface area contributed by atoms with E-state index in [0.717, 1.165) is 11.3 Å². The summed E-state index contributed by atoms with van der Waals surface area (Å²) < 4.78 is 11.2. The Balaban J connectivity index is 1.70. The first-order valence-electron chi connectivity index (χ1n) is 8.28. The molecule has 26 heavy (non-hydrogen) atoms. The number of carbonyl (C=O) groups is 1. The summed E-state index contributed by atoms with van der Waals surface area (Å²) in [5.41, 5.74) is 1.40. The van der Waals surface area contributed by atoms with Gasteiger partial charge in [-0.3, -0.25) is 9.78 Å². The molecule has 0 bridgehead atoms. The van der Waals surface area contributed by atoms with Gasteiger partial charge in [0, 0.05) is 24.4 Å². The molecule has 0 fully saturated rings. The van der Waals surface area contributed by atoms with Crippen LogP contribution >= 0.6 is 11.6 Å². The van der Waals surface area contributed by atoms with Crippen LogP contribution in [0.1, 0.15) is 22.8 Å². The zero-order chi connectivity index (χ0) is 18.4. The zero-order valence-corrected chi connectivity index (χ0v) is 15.1. The molecule has 0 radical (unpaired) electrons. The summed E-state index contributed by atoms with van der Waals surface area (Å²) in [4.78, 5) is 16.4. The molecule has 3 rings (SSSR count). The van der Waals surface area contributed by atoms with Crippen LogP contribution in [-0.2, 0) is 6.42 Å². The van der Waals surface area contributed by atoms with Crippen molar-refractivity contribution in [2.24, 2.45) is 0 Å². The van der Waals surface area contributed by atoms with E-state index in [0.29, 0.717) is 28.7 Å². The Morgan fingerprint density at radius 3 is 2.50 bits per heavy atom.